The van der Waals surface area contributed by atoms with Crippen LogP contribution in [0.5, 0.6) is 5.75 Å². The normalized spacial score (nSPS) is 14.1. The van der Waals surface area contributed by atoms with Crippen molar-refractivity contribution in [2.75, 3.05) is 32.8 Å². The lowest BCUT2D eigenvalue weighted by Crippen LogP contribution is -2.50. The fourth-order valence-corrected chi connectivity index (χ4v) is 3.30. The van der Waals surface area contributed by atoms with E-state index in [9.17, 15) is 9.59 Å². The van der Waals surface area contributed by atoms with Crippen LogP contribution in [0.15, 0.2) is 48.5 Å². The second kappa shape index (κ2) is 9.40. The van der Waals surface area contributed by atoms with Crippen molar-refractivity contribution in [2.24, 2.45) is 0 Å². The zero-order valence-electron chi connectivity index (χ0n) is 16.7. The van der Waals surface area contributed by atoms with E-state index in [0.717, 1.165) is 16.9 Å². The molecular weight excluding hydrogens is 352 g/mol. The summed E-state index contributed by atoms with van der Waals surface area (Å²) in [6.07, 6.45) is 1.16. The van der Waals surface area contributed by atoms with Gasteiger partial charge in [-0.1, -0.05) is 24.3 Å². The summed E-state index contributed by atoms with van der Waals surface area (Å²) in [5.41, 5.74) is 3.03. The highest BCUT2D eigenvalue weighted by atomic mass is 16.5. The van der Waals surface area contributed by atoms with Gasteiger partial charge in [-0.2, -0.15) is 0 Å². The molecule has 1 saturated heterocycles. The third-order valence-corrected chi connectivity index (χ3v) is 5.22. The quantitative estimate of drug-likeness (QED) is 0.722. The number of amides is 2. The largest absolute Gasteiger partial charge is 0.494 e. The molecule has 5 heteroatoms. The van der Waals surface area contributed by atoms with Gasteiger partial charge in [0.05, 0.1) is 6.61 Å². The molecule has 5 nitrogen and oxygen atoms in total. The zero-order valence-corrected chi connectivity index (χ0v) is 16.7. The topological polar surface area (TPSA) is 49.9 Å². The van der Waals surface area contributed by atoms with Crippen molar-refractivity contribution in [2.45, 2.75) is 26.7 Å². The Hall–Kier alpha value is -2.82. The van der Waals surface area contributed by atoms with E-state index in [2.05, 4.69) is 0 Å². The number of carbonyl (C=O) groups excluding carboxylic acids is 2. The smallest absolute Gasteiger partial charge is 0.253 e. The number of carbonyl (C=O) groups is 2. The van der Waals surface area contributed by atoms with Crippen molar-refractivity contribution in [1.82, 2.24) is 9.80 Å². The molecule has 0 unspecified atom stereocenters. The van der Waals surface area contributed by atoms with Crippen LogP contribution in [-0.2, 0) is 4.79 Å². The summed E-state index contributed by atoms with van der Waals surface area (Å²) in [5.74, 6) is 1.01. The second-order valence-electron chi connectivity index (χ2n) is 7.24. The van der Waals surface area contributed by atoms with Crippen LogP contribution in [0.4, 0.5) is 0 Å². The van der Waals surface area contributed by atoms with E-state index in [-0.39, 0.29) is 11.8 Å². The monoisotopic (exact) mass is 380 g/mol. The minimum Gasteiger partial charge on any atom is -0.494 e. The van der Waals surface area contributed by atoms with Gasteiger partial charge in [0.25, 0.3) is 5.91 Å². The molecule has 1 aliphatic rings. The molecule has 0 N–H and O–H groups in total. The third kappa shape index (κ3) is 5.12. The molecule has 3 rings (SSSR count). The number of nitrogens with zero attached hydrogens (tertiary/aromatic N) is 2. The molecule has 1 heterocycles. The standard InChI is InChI=1S/C23H28N2O3/c1-18-10-11-20(17-19(18)2)23(27)25-14-12-24(13-15-25)22(26)9-6-16-28-21-7-4-3-5-8-21/h3-5,7-8,10-11,17H,6,9,12-16H2,1-2H3. The van der Waals surface area contributed by atoms with Gasteiger partial charge >= 0.3 is 0 Å². The Morgan fingerprint density at radius 2 is 1.57 bits per heavy atom. The molecule has 2 amide bonds. The van der Waals surface area contributed by atoms with E-state index in [1.807, 2.05) is 72.2 Å². The molecule has 2 aromatic rings. The Morgan fingerprint density at radius 1 is 0.893 bits per heavy atom. The highest BCUT2D eigenvalue weighted by Gasteiger charge is 2.24. The van der Waals surface area contributed by atoms with Crippen molar-refractivity contribution in [3.8, 4) is 5.75 Å². The van der Waals surface area contributed by atoms with E-state index in [1.54, 1.807) is 0 Å². The van der Waals surface area contributed by atoms with Gasteiger partial charge in [0, 0.05) is 38.2 Å². The molecule has 1 fully saturated rings. The van der Waals surface area contributed by atoms with Gasteiger partial charge in [-0.05, 0) is 55.7 Å². The van der Waals surface area contributed by atoms with Crippen LogP contribution in [0.2, 0.25) is 0 Å². The van der Waals surface area contributed by atoms with Gasteiger partial charge < -0.3 is 14.5 Å². The van der Waals surface area contributed by atoms with Gasteiger partial charge in [-0.25, -0.2) is 0 Å². The predicted molar refractivity (Wildman–Crippen MR) is 110 cm³/mol. The Bertz CT molecular complexity index is 812. The minimum atomic E-state index is 0.0476. The summed E-state index contributed by atoms with van der Waals surface area (Å²) in [6, 6.07) is 15.4. The molecule has 0 spiro atoms. The van der Waals surface area contributed by atoms with Crippen molar-refractivity contribution < 1.29 is 14.3 Å². The summed E-state index contributed by atoms with van der Waals surface area (Å²) in [5, 5.41) is 0. The fraction of sp³-hybridized carbons (Fsp3) is 0.391. The number of para-hydroxylation sites is 1. The molecule has 28 heavy (non-hydrogen) atoms. The summed E-state index contributed by atoms with van der Waals surface area (Å²) < 4.78 is 5.64. The molecule has 2 aromatic carbocycles. The molecule has 0 aromatic heterocycles. The van der Waals surface area contributed by atoms with Crippen LogP contribution in [0.3, 0.4) is 0 Å². The number of hydrogen-bond donors (Lipinski definition) is 0. The maximum atomic E-state index is 12.7. The van der Waals surface area contributed by atoms with E-state index < -0.39 is 0 Å². The van der Waals surface area contributed by atoms with Crippen LogP contribution in [0.1, 0.15) is 34.3 Å². The number of rotatable bonds is 6. The molecule has 1 aliphatic heterocycles. The highest BCUT2D eigenvalue weighted by Crippen LogP contribution is 2.14. The number of piperazine rings is 1. The van der Waals surface area contributed by atoms with Gasteiger partial charge in [0.15, 0.2) is 0 Å². The maximum absolute atomic E-state index is 12.7. The van der Waals surface area contributed by atoms with Gasteiger partial charge in [-0.3, -0.25) is 9.59 Å². The lowest BCUT2D eigenvalue weighted by molar-refractivity contribution is -0.132. The van der Waals surface area contributed by atoms with Crippen LogP contribution in [-0.4, -0.2) is 54.4 Å². The SMILES string of the molecule is Cc1ccc(C(=O)N2CCN(C(=O)CCCOc3ccccc3)CC2)cc1C. The van der Waals surface area contributed by atoms with E-state index >= 15 is 0 Å². The highest BCUT2D eigenvalue weighted by molar-refractivity contribution is 5.94. The molecule has 0 aliphatic carbocycles. The molecule has 0 atom stereocenters. The van der Waals surface area contributed by atoms with E-state index in [0.29, 0.717) is 45.6 Å². The summed E-state index contributed by atoms with van der Waals surface area (Å²) >= 11 is 0. The van der Waals surface area contributed by atoms with Gasteiger partial charge in [0.1, 0.15) is 5.75 Å². The maximum Gasteiger partial charge on any atom is 0.253 e. The van der Waals surface area contributed by atoms with E-state index in [1.165, 1.54) is 5.56 Å². The minimum absolute atomic E-state index is 0.0476. The third-order valence-electron chi connectivity index (χ3n) is 5.22. The Balaban J connectivity index is 1.41. The van der Waals surface area contributed by atoms with Gasteiger partial charge in [0.2, 0.25) is 5.91 Å². The first kappa shape index (κ1) is 19.9. The number of ether oxygens (including phenoxy) is 1. The Morgan fingerprint density at radius 3 is 2.25 bits per heavy atom. The lowest BCUT2D eigenvalue weighted by Gasteiger charge is -2.35. The van der Waals surface area contributed by atoms with Crippen LogP contribution in [0, 0.1) is 13.8 Å². The van der Waals surface area contributed by atoms with Crippen molar-refractivity contribution in [1.29, 1.82) is 0 Å². The van der Waals surface area contributed by atoms with Crippen molar-refractivity contribution in [3.63, 3.8) is 0 Å². The van der Waals surface area contributed by atoms with Gasteiger partial charge in [-0.15, -0.1) is 0 Å². The van der Waals surface area contributed by atoms with Crippen molar-refractivity contribution in [3.05, 3.63) is 65.2 Å². The Kier molecular flexibility index (Phi) is 6.69. The average molecular weight is 380 g/mol. The zero-order chi connectivity index (χ0) is 19.9. The molecule has 0 saturated carbocycles. The predicted octanol–water partition coefficient (Wildman–Crippen LogP) is 3.45. The number of benzene rings is 2. The molecule has 0 bridgehead atoms. The number of hydrogen-bond acceptors (Lipinski definition) is 3. The molecule has 148 valence electrons. The van der Waals surface area contributed by atoms with E-state index in [4.69, 9.17) is 4.74 Å². The lowest BCUT2D eigenvalue weighted by atomic mass is 10.1. The molecular formula is C23H28N2O3. The first-order chi connectivity index (χ1) is 13.5. The average Bonchev–Trinajstić information content (AvgIpc) is 2.73. The fourth-order valence-electron chi connectivity index (χ4n) is 3.30. The second-order valence-corrected chi connectivity index (χ2v) is 7.24. The summed E-state index contributed by atoms with van der Waals surface area (Å²) in [7, 11) is 0. The van der Waals surface area contributed by atoms with Crippen LogP contribution >= 0.6 is 0 Å². The molecule has 0 radical (unpaired) electrons. The number of aryl methyl sites for hydroxylation is 2. The summed E-state index contributed by atoms with van der Waals surface area (Å²) in [4.78, 5) is 28.8. The summed E-state index contributed by atoms with van der Waals surface area (Å²) in [6.45, 7) is 6.93. The van der Waals surface area contributed by atoms with Crippen LogP contribution in [0.25, 0.3) is 0 Å². The van der Waals surface area contributed by atoms with Crippen LogP contribution < -0.4 is 4.74 Å². The first-order valence-electron chi connectivity index (χ1n) is 9.87. The Labute approximate surface area is 166 Å². The van der Waals surface area contributed by atoms with Crippen molar-refractivity contribution >= 4 is 11.8 Å². The first-order valence-corrected chi connectivity index (χ1v) is 9.87.